The van der Waals surface area contributed by atoms with E-state index in [4.69, 9.17) is 0 Å². The van der Waals surface area contributed by atoms with E-state index in [1.54, 1.807) is 12.1 Å². The first-order valence-corrected chi connectivity index (χ1v) is 9.07. The van der Waals surface area contributed by atoms with Crippen LogP contribution in [0.5, 0.6) is 0 Å². The molecule has 3 amide bonds. The van der Waals surface area contributed by atoms with Crippen molar-refractivity contribution in [2.45, 2.75) is 6.92 Å². The summed E-state index contributed by atoms with van der Waals surface area (Å²) in [6, 6.07) is 17.0. The molecule has 148 valence electrons. The number of hydrogen-bond donors (Lipinski definition) is 1. The lowest BCUT2D eigenvalue weighted by atomic mass is 10.1. The van der Waals surface area contributed by atoms with Gasteiger partial charge in [-0.1, -0.05) is 23.8 Å². The number of aromatic carboxylic acids is 1. The zero-order valence-electron chi connectivity index (χ0n) is 15.8. The fourth-order valence-electron chi connectivity index (χ4n) is 3.20. The first-order chi connectivity index (χ1) is 14.3. The lowest BCUT2D eigenvalue weighted by Gasteiger charge is -2.14. The second kappa shape index (κ2) is 7.29. The van der Waals surface area contributed by atoms with Gasteiger partial charge in [0, 0.05) is 11.3 Å². The average Bonchev–Trinajstić information content (AvgIpc) is 2.99. The Morgan fingerprint density at radius 2 is 1.40 bits per heavy atom. The second-order valence-electron chi connectivity index (χ2n) is 6.86. The minimum Gasteiger partial charge on any atom is -0.545 e. The average molecular weight is 399 g/mol. The van der Waals surface area contributed by atoms with Crippen molar-refractivity contribution in [2.24, 2.45) is 0 Å². The number of carboxylic acids is 1. The molecule has 3 aromatic carbocycles. The molecule has 0 radical (unpaired) electrons. The Kier molecular flexibility index (Phi) is 4.63. The van der Waals surface area contributed by atoms with Crippen LogP contribution in [-0.2, 0) is 0 Å². The maximum Gasteiger partial charge on any atom is 0.266 e. The number of rotatable bonds is 4. The summed E-state index contributed by atoms with van der Waals surface area (Å²) in [5.41, 5.74) is 2.30. The van der Waals surface area contributed by atoms with Gasteiger partial charge in [-0.25, -0.2) is 4.90 Å². The summed E-state index contributed by atoms with van der Waals surface area (Å²) in [5, 5.41) is 13.8. The normalized spacial score (nSPS) is 12.6. The molecule has 1 aliphatic heterocycles. The van der Waals surface area contributed by atoms with Crippen molar-refractivity contribution in [3.63, 3.8) is 0 Å². The minimum absolute atomic E-state index is 0.00268. The maximum atomic E-state index is 12.7. The van der Waals surface area contributed by atoms with Gasteiger partial charge in [-0.15, -0.1) is 0 Å². The van der Waals surface area contributed by atoms with Gasteiger partial charge in [0.2, 0.25) is 0 Å². The van der Waals surface area contributed by atoms with Gasteiger partial charge < -0.3 is 15.2 Å². The monoisotopic (exact) mass is 399 g/mol. The van der Waals surface area contributed by atoms with Gasteiger partial charge in [0.25, 0.3) is 17.7 Å². The van der Waals surface area contributed by atoms with E-state index in [2.05, 4.69) is 5.32 Å². The molecule has 1 heterocycles. The smallest absolute Gasteiger partial charge is 0.266 e. The maximum absolute atomic E-state index is 12.7. The third-order valence-corrected chi connectivity index (χ3v) is 4.82. The predicted octanol–water partition coefficient (Wildman–Crippen LogP) is 2.41. The summed E-state index contributed by atoms with van der Waals surface area (Å²) < 4.78 is 0. The molecule has 0 aliphatic carbocycles. The third kappa shape index (κ3) is 3.33. The molecule has 0 aromatic heterocycles. The first kappa shape index (κ1) is 19.1. The highest BCUT2D eigenvalue weighted by atomic mass is 16.4. The number of nitrogens with one attached hydrogen (secondary N) is 1. The zero-order valence-corrected chi connectivity index (χ0v) is 15.8. The van der Waals surface area contributed by atoms with Crippen LogP contribution in [0, 0.1) is 6.92 Å². The Morgan fingerprint density at radius 1 is 0.800 bits per heavy atom. The van der Waals surface area contributed by atoms with Crippen LogP contribution in [0.1, 0.15) is 47.0 Å². The van der Waals surface area contributed by atoms with Crippen LogP contribution in [0.15, 0.2) is 66.7 Å². The van der Waals surface area contributed by atoms with Crippen LogP contribution in [0.25, 0.3) is 0 Å². The van der Waals surface area contributed by atoms with Crippen LogP contribution < -0.4 is 15.3 Å². The van der Waals surface area contributed by atoms with Gasteiger partial charge in [-0.05, 0) is 61.0 Å². The number of carboxylic acid groups (broad SMARTS) is 1. The number of aryl methyl sites for hydroxylation is 1. The van der Waals surface area contributed by atoms with E-state index in [1.165, 1.54) is 36.4 Å². The molecule has 0 unspecified atom stereocenters. The van der Waals surface area contributed by atoms with Crippen LogP contribution in [-0.4, -0.2) is 23.7 Å². The van der Waals surface area contributed by atoms with E-state index in [0.29, 0.717) is 11.3 Å². The summed E-state index contributed by atoms with van der Waals surface area (Å²) in [4.78, 5) is 49.7. The lowest BCUT2D eigenvalue weighted by Crippen LogP contribution is -2.29. The summed E-state index contributed by atoms with van der Waals surface area (Å²) >= 11 is 0. The van der Waals surface area contributed by atoms with E-state index in [0.717, 1.165) is 16.5 Å². The third-order valence-electron chi connectivity index (χ3n) is 4.82. The predicted molar refractivity (Wildman–Crippen MR) is 107 cm³/mol. The summed E-state index contributed by atoms with van der Waals surface area (Å²) in [6.45, 7) is 1.95. The van der Waals surface area contributed by atoms with Crippen LogP contribution in [0.2, 0.25) is 0 Å². The molecule has 0 saturated carbocycles. The van der Waals surface area contributed by atoms with Gasteiger partial charge in [0.1, 0.15) is 0 Å². The zero-order chi connectivity index (χ0) is 21.4. The number of imide groups is 1. The van der Waals surface area contributed by atoms with Gasteiger partial charge in [-0.3, -0.25) is 14.4 Å². The number of amides is 3. The van der Waals surface area contributed by atoms with Gasteiger partial charge >= 0.3 is 0 Å². The van der Waals surface area contributed by atoms with Crippen LogP contribution >= 0.6 is 0 Å². The molecule has 7 heteroatoms. The number of hydrogen-bond acceptors (Lipinski definition) is 5. The number of fused-ring (bicyclic) bond motifs is 1. The second-order valence-corrected chi connectivity index (χ2v) is 6.86. The Labute approximate surface area is 171 Å². The van der Waals surface area contributed by atoms with Gasteiger partial charge in [-0.2, -0.15) is 0 Å². The molecule has 3 aromatic rings. The topological polar surface area (TPSA) is 107 Å². The number of carbonyl (C=O) groups excluding carboxylic acids is 4. The lowest BCUT2D eigenvalue weighted by molar-refractivity contribution is -0.255. The Hall–Kier alpha value is -4.26. The molecule has 0 spiro atoms. The van der Waals surface area contributed by atoms with Crippen LogP contribution in [0.4, 0.5) is 11.4 Å². The molecule has 30 heavy (non-hydrogen) atoms. The molecular weight excluding hydrogens is 384 g/mol. The van der Waals surface area contributed by atoms with Crippen molar-refractivity contribution in [1.29, 1.82) is 0 Å². The van der Waals surface area contributed by atoms with Crippen molar-refractivity contribution >= 4 is 35.1 Å². The van der Waals surface area contributed by atoms with E-state index in [1.807, 2.05) is 19.1 Å². The molecular formula is C23H15N2O5-. The fraction of sp³-hybridized carbons (Fsp3) is 0.0435. The van der Waals surface area contributed by atoms with Crippen molar-refractivity contribution < 1.29 is 24.3 Å². The summed E-state index contributed by atoms with van der Waals surface area (Å²) in [5.74, 6) is -2.95. The Morgan fingerprint density at radius 3 is 2.03 bits per heavy atom. The number of anilines is 2. The highest BCUT2D eigenvalue weighted by molar-refractivity contribution is 6.34. The number of carbonyl (C=O) groups is 4. The molecule has 0 bridgehead atoms. The molecule has 1 N–H and O–H groups in total. The van der Waals surface area contributed by atoms with E-state index < -0.39 is 17.8 Å². The van der Waals surface area contributed by atoms with Gasteiger partial charge in [0.05, 0.1) is 22.8 Å². The van der Waals surface area contributed by atoms with Crippen molar-refractivity contribution in [3.05, 3.63) is 94.5 Å². The highest BCUT2D eigenvalue weighted by Gasteiger charge is 2.36. The standard InChI is InChI=1S/C23H16N2O5/c1-13-2-7-16(8-3-13)24-20(26)14-4-9-17(10-5-14)25-21(27)18-11-6-15(23(29)30)12-19(18)22(25)28/h2-12H,1H3,(H,24,26)(H,29,30)/p-1. The number of nitrogens with zero attached hydrogens (tertiary/aromatic N) is 1. The van der Waals surface area contributed by atoms with Crippen LogP contribution in [0.3, 0.4) is 0 Å². The number of benzene rings is 3. The molecule has 0 saturated heterocycles. The largest absolute Gasteiger partial charge is 0.545 e. The molecule has 0 atom stereocenters. The van der Waals surface area contributed by atoms with Crippen molar-refractivity contribution in [2.75, 3.05) is 10.2 Å². The summed E-state index contributed by atoms with van der Waals surface area (Å²) in [6.07, 6.45) is 0. The first-order valence-electron chi connectivity index (χ1n) is 9.07. The fourth-order valence-corrected chi connectivity index (χ4v) is 3.20. The van der Waals surface area contributed by atoms with E-state index in [-0.39, 0.29) is 28.3 Å². The highest BCUT2D eigenvalue weighted by Crippen LogP contribution is 2.29. The molecule has 4 rings (SSSR count). The Bertz CT molecular complexity index is 1200. The molecule has 0 fully saturated rings. The quantitative estimate of drug-likeness (QED) is 0.678. The SMILES string of the molecule is Cc1ccc(NC(=O)c2ccc(N3C(=O)c4ccc(C(=O)[O-])cc4C3=O)cc2)cc1. The Balaban J connectivity index is 1.56. The summed E-state index contributed by atoms with van der Waals surface area (Å²) in [7, 11) is 0. The molecule has 7 nitrogen and oxygen atoms in total. The van der Waals surface area contributed by atoms with Crippen molar-refractivity contribution in [1.82, 2.24) is 0 Å². The van der Waals surface area contributed by atoms with E-state index in [9.17, 15) is 24.3 Å². The van der Waals surface area contributed by atoms with Crippen molar-refractivity contribution in [3.8, 4) is 0 Å². The van der Waals surface area contributed by atoms with Gasteiger partial charge in [0.15, 0.2) is 0 Å². The van der Waals surface area contributed by atoms with E-state index >= 15 is 0 Å². The molecule has 1 aliphatic rings. The minimum atomic E-state index is -1.43.